The molecule has 0 aromatic heterocycles. The third-order valence-electron chi connectivity index (χ3n) is 2.64. The van der Waals surface area contributed by atoms with E-state index in [1.807, 2.05) is 0 Å². The van der Waals surface area contributed by atoms with Crippen molar-refractivity contribution in [2.45, 2.75) is 31.0 Å². The normalized spacial score (nSPS) is 27.6. The number of nitrogens with zero attached hydrogens (tertiary/aromatic N) is 6. The molecule has 0 amide bonds. The highest BCUT2D eigenvalue weighted by Gasteiger charge is 2.42. The summed E-state index contributed by atoms with van der Waals surface area (Å²) in [6.45, 7) is -0.846. The van der Waals surface area contributed by atoms with Crippen molar-refractivity contribution in [3.8, 4) is 0 Å². The van der Waals surface area contributed by atoms with Gasteiger partial charge >= 0.3 is 23.5 Å². The van der Waals surface area contributed by atoms with E-state index in [2.05, 4.69) is 33.2 Å². The highest BCUT2D eigenvalue weighted by atomic mass is 31.3. The van der Waals surface area contributed by atoms with Crippen molar-refractivity contribution in [1.29, 1.82) is 0 Å². The number of azide groups is 1. The molecule has 1 saturated heterocycles. The Morgan fingerprint density at radius 1 is 1.11 bits per heavy atom. The Bertz CT molecular complexity index is 777. The van der Waals surface area contributed by atoms with Gasteiger partial charge in [-0.1, -0.05) is 10.2 Å². The minimum absolute atomic E-state index is 0.0528. The summed E-state index contributed by atoms with van der Waals surface area (Å²) in [4.78, 5) is 40.1. The molecule has 0 aromatic rings. The van der Waals surface area contributed by atoms with Crippen LogP contribution in [0.2, 0.25) is 0 Å². The van der Waals surface area contributed by atoms with Crippen molar-refractivity contribution in [2.75, 3.05) is 6.61 Å². The second-order valence-electron chi connectivity index (χ2n) is 4.75. The molecule has 18 nitrogen and oxygen atoms in total. The topological polar surface area (TPSA) is 276 Å². The molecule has 1 aliphatic heterocycles. The van der Waals surface area contributed by atoms with Gasteiger partial charge in [0.1, 0.15) is 14.0 Å². The lowest BCUT2D eigenvalue weighted by atomic mass is 9.96. The maximum Gasteiger partial charge on any atom is 0.490 e. The Morgan fingerprint density at radius 3 is 2.18 bits per heavy atom. The minimum atomic E-state index is -5.67. The van der Waals surface area contributed by atoms with Gasteiger partial charge in [0.25, 0.3) is 0 Å². The van der Waals surface area contributed by atoms with Gasteiger partial charge in [-0.3, -0.25) is 4.52 Å². The predicted octanol–water partition coefficient (Wildman–Crippen LogP) is 0.903. The molecule has 22 heteroatoms. The number of ether oxygens (including phenoxy) is 2. The Balaban J connectivity index is 2.75. The largest absolute Gasteiger partial charge is 0.490 e. The molecule has 1 aliphatic rings. The predicted molar refractivity (Wildman–Crippen MR) is 85.8 cm³/mol. The standard InChI is InChI=1S/C6H12BN6O12P3/c7-5-1-3(23-6(10-12-8)11-13-9)4(22-5)2-21-27(17,18)25-28(19,20)24-26(14,15)16/h3-6H,1-2H2,(H,17,18)(H,19,20)(H2,14,15,16)/t3?,4-,5-/m1/s1. The zero-order valence-corrected chi connectivity index (χ0v) is 16.1. The van der Waals surface area contributed by atoms with Crippen LogP contribution < -0.4 is 0 Å². The van der Waals surface area contributed by atoms with Crippen molar-refractivity contribution >= 4 is 31.3 Å². The molecule has 4 N–H and O–H groups in total. The average Bonchev–Trinajstić information content (AvgIpc) is 2.82. The number of hydrogen-bond donors (Lipinski definition) is 4. The van der Waals surface area contributed by atoms with Gasteiger partial charge in [0.2, 0.25) is 6.35 Å². The molecule has 0 spiro atoms. The van der Waals surface area contributed by atoms with Crippen LogP contribution in [0.5, 0.6) is 0 Å². The number of hydrogen-bond acceptors (Lipinski definition) is 10. The highest BCUT2D eigenvalue weighted by Crippen LogP contribution is 2.66. The number of phosphoric ester groups is 1. The molecule has 5 atom stereocenters. The van der Waals surface area contributed by atoms with Gasteiger partial charge < -0.3 is 29.0 Å². The first kappa shape index (κ1) is 25.1. The van der Waals surface area contributed by atoms with E-state index in [1.165, 1.54) is 0 Å². The molecule has 1 heterocycles. The molecule has 3 unspecified atom stereocenters. The highest BCUT2D eigenvalue weighted by molar-refractivity contribution is 7.66. The van der Waals surface area contributed by atoms with E-state index in [1.54, 1.807) is 0 Å². The fraction of sp³-hybridized carbons (Fsp3) is 1.00. The van der Waals surface area contributed by atoms with E-state index in [4.69, 9.17) is 43.1 Å². The van der Waals surface area contributed by atoms with Crippen LogP contribution in [-0.2, 0) is 36.3 Å². The Hall–Kier alpha value is -0.985. The molecule has 0 aliphatic carbocycles. The van der Waals surface area contributed by atoms with E-state index in [0.29, 0.717) is 0 Å². The molecule has 28 heavy (non-hydrogen) atoms. The smallest absolute Gasteiger partial charge is 0.380 e. The minimum Gasteiger partial charge on any atom is -0.380 e. The number of rotatable bonds is 11. The van der Waals surface area contributed by atoms with Gasteiger partial charge in [0.15, 0.2) is 0 Å². The van der Waals surface area contributed by atoms with Crippen LogP contribution in [0.1, 0.15) is 6.42 Å². The van der Waals surface area contributed by atoms with Crippen molar-refractivity contribution < 1.29 is 55.9 Å². The average molecular weight is 464 g/mol. The van der Waals surface area contributed by atoms with Crippen LogP contribution in [0.4, 0.5) is 0 Å². The summed E-state index contributed by atoms with van der Waals surface area (Å²) in [5.74, 6) is 0. The van der Waals surface area contributed by atoms with Crippen LogP contribution in [0.25, 0.3) is 20.9 Å². The van der Waals surface area contributed by atoms with E-state index < -0.39 is 54.6 Å². The van der Waals surface area contributed by atoms with Crippen LogP contribution in [0.15, 0.2) is 10.2 Å². The summed E-state index contributed by atoms with van der Waals surface area (Å²) in [7, 11) is -11.0. The number of phosphoric acid groups is 3. The van der Waals surface area contributed by atoms with Gasteiger partial charge in [0.05, 0.1) is 12.7 Å². The third kappa shape index (κ3) is 9.48. The van der Waals surface area contributed by atoms with Crippen molar-refractivity contribution in [2.24, 2.45) is 10.2 Å². The fourth-order valence-electron chi connectivity index (χ4n) is 1.83. The summed E-state index contributed by atoms with van der Waals surface area (Å²) in [6.07, 6.45) is -3.97. The molecule has 156 valence electrons. The van der Waals surface area contributed by atoms with Crippen LogP contribution in [-0.4, -0.2) is 58.6 Å². The lowest BCUT2D eigenvalue weighted by molar-refractivity contribution is -0.0634. The third-order valence-corrected chi connectivity index (χ3v) is 6.45. The van der Waals surface area contributed by atoms with Gasteiger partial charge in [-0.15, -0.1) is 0 Å². The van der Waals surface area contributed by atoms with E-state index in [0.717, 1.165) is 0 Å². The zero-order valence-electron chi connectivity index (χ0n) is 13.4. The lowest BCUT2D eigenvalue weighted by Crippen LogP contribution is -2.31. The first-order valence-corrected chi connectivity index (χ1v) is 11.2. The maximum atomic E-state index is 11.7. The van der Waals surface area contributed by atoms with Crippen LogP contribution >= 0.6 is 23.5 Å². The summed E-state index contributed by atoms with van der Waals surface area (Å²) < 4.78 is 55.2. The molecular weight excluding hydrogens is 452 g/mol. The fourth-order valence-corrected chi connectivity index (χ4v) is 4.86. The van der Waals surface area contributed by atoms with Gasteiger partial charge in [-0.2, -0.15) is 8.62 Å². The van der Waals surface area contributed by atoms with Crippen LogP contribution in [0.3, 0.4) is 0 Å². The summed E-state index contributed by atoms with van der Waals surface area (Å²) >= 11 is 0. The van der Waals surface area contributed by atoms with Gasteiger partial charge in [0, 0.05) is 15.8 Å². The molecule has 0 aromatic carbocycles. The lowest BCUT2D eigenvalue weighted by Gasteiger charge is -2.22. The quantitative estimate of drug-likeness (QED) is 0.109. The van der Waals surface area contributed by atoms with E-state index >= 15 is 0 Å². The van der Waals surface area contributed by atoms with Gasteiger partial charge in [-0.05, 0) is 17.5 Å². The molecule has 0 saturated carbocycles. The monoisotopic (exact) mass is 464 g/mol. The molecule has 2 radical (unpaired) electrons. The molecule has 1 fully saturated rings. The zero-order chi connectivity index (χ0) is 21.6. The van der Waals surface area contributed by atoms with Gasteiger partial charge in [-0.25, -0.2) is 13.7 Å². The summed E-state index contributed by atoms with van der Waals surface area (Å²) in [5.41, 5.74) is 16.7. The Labute approximate surface area is 156 Å². The molecule has 0 bridgehead atoms. The van der Waals surface area contributed by atoms with Crippen LogP contribution in [0, 0.1) is 0 Å². The van der Waals surface area contributed by atoms with E-state index in [9.17, 15) is 18.6 Å². The molecule has 1 rings (SSSR count). The first-order valence-electron chi connectivity index (χ1n) is 6.70. The SMILES string of the molecule is [B][C@H]1CC(OC(N=[N+]=[N-])N=[N+]=[N-])[C@@H](COP(=O)(O)OP(=O)(O)OP(=O)(O)O)O1. The summed E-state index contributed by atoms with van der Waals surface area (Å²) in [5, 5.41) is 6.08. The van der Waals surface area contributed by atoms with Crippen molar-refractivity contribution in [3.63, 3.8) is 0 Å². The second-order valence-corrected chi connectivity index (χ2v) is 9.17. The Morgan fingerprint density at radius 2 is 1.68 bits per heavy atom. The van der Waals surface area contributed by atoms with Crippen molar-refractivity contribution in [3.05, 3.63) is 20.9 Å². The van der Waals surface area contributed by atoms with Crippen molar-refractivity contribution in [1.82, 2.24) is 0 Å². The van der Waals surface area contributed by atoms with E-state index in [-0.39, 0.29) is 6.42 Å². The Kier molecular flexibility index (Phi) is 9.10. The molecular formula is C6H12BN6O12P3. The second kappa shape index (κ2) is 10.2. The maximum absolute atomic E-state index is 11.7. The summed E-state index contributed by atoms with van der Waals surface area (Å²) in [6, 6.07) is -0.961. The first-order chi connectivity index (χ1) is 12.8.